The van der Waals surface area contributed by atoms with Gasteiger partial charge in [0.05, 0.1) is 11.4 Å². The number of anilines is 2. The summed E-state index contributed by atoms with van der Waals surface area (Å²) in [5.74, 6) is 0.283. The highest BCUT2D eigenvalue weighted by Gasteiger charge is 2.18. The van der Waals surface area contributed by atoms with Crippen LogP contribution in [0.3, 0.4) is 0 Å². The van der Waals surface area contributed by atoms with E-state index in [0.29, 0.717) is 0 Å². The van der Waals surface area contributed by atoms with Crippen LogP contribution in [0.25, 0.3) is 11.3 Å². The summed E-state index contributed by atoms with van der Waals surface area (Å²) in [6.45, 7) is 4.13. The van der Waals surface area contributed by atoms with Gasteiger partial charge < -0.3 is 15.5 Å². The standard InChI is InChI=1S/C14H18N6/c1-19-5-7-20(8-6-19)12-3-2-4-16-13(12)11-9-17-14(15)18-10-11/h2-4,9-10H,5-8H2,1H3,(H2,15,17,18). The molecule has 3 rings (SSSR count). The minimum Gasteiger partial charge on any atom is -0.368 e. The van der Waals surface area contributed by atoms with Crippen molar-refractivity contribution in [2.75, 3.05) is 43.9 Å². The number of nitrogen functional groups attached to an aromatic ring is 1. The van der Waals surface area contributed by atoms with Gasteiger partial charge in [-0.15, -0.1) is 0 Å². The predicted octanol–water partition coefficient (Wildman–Crippen LogP) is 0.873. The Morgan fingerprint density at radius 2 is 1.75 bits per heavy atom. The molecule has 2 N–H and O–H groups in total. The highest BCUT2D eigenvalue weighted by Crippen LogP contribution is 2.28. The zero-order chi connectivity index (χ0) is 13.9. The van der Waals surface area contributed by atoms with E-state index >= 15 is 0 Å². The summed E-state index contributed by atoms with van der Waals surface area (Å²) in [7, 11) is 2.15. The van der Waals surface area contributed by atoms with E-state index in [0.717, 1.165) is 43.1 Å². The van der Waals surface area contributed by atoms with Crippen molar-refractivity contribution in [3.63, 3.8) is 0 Å². The molecule has 20 heavy (non-hydrogen) atoms. The van der Waals surface area contributed by atoms with Crippen molar-refractivity contribution in [1.29, 1.82) is 0 Å². The average Bonchev–Trinajstić information content (AvgIpc) is 2.49. The van der Waals surface area contributed by atoms with Gasteiger partial charge in [-0.2, -0.15) is 0 Å². The lowest BCUT2D eigenvalue weighted by atomic mass is 10.1. The maximum atomic E-state index is 5.54. The molecule has 0 bridgehead atoms. The molecule has 1 aliphatic heterocycles. The van der Waals surface area contributed by atoms with Crippen LogP contribution in [0.4, 0.5) is 11.6 Å². The molecule has 0 aliphatic carbocycles. The lowest BCUT2D eigenvalue weighted by Gasteiger charge is -2.34. The molecule has 0 spiro atoms. The molecular weight excluding hydrogens is 252 g/mol. The van der Waals surface area contributed by atoms with E-state index in [4.69, 9.17) is 5.73 Å². The van der Waals surface area contributed by atoms with Crippen molar-refractivity contribution >= 4 is 11.6 Å². The third kappa shape index (κ3) is 2.55. The van der Waals surface area contributed by atoms with Crippen molar-refractivity contribution in [1.82, 2.24) is 19.9 Å². The maximum Gasteiger partial charge on any atom is 0.219 e. The van der Waals surface area contributed by atoms with Gasteiger partial charge in [-0.1, -0.05) is 0 Å². The van der Waals surface area contributed by atoms with Gasteiger partial charge in [0.15, 0.2) is 0 Å². The number of rotatable bonds is 2. The van der Waals surface area contributed by atoms with Crippen molar-refractivity contribution in [2.45, 2.75) is 0 Å². The van der Waals surface area contributed by atoms with Crippen LogP contribution in [0.5, 0.6) is 0 Å². The Hall–Kier alpha value is -2.21. The van der Waals surface area contributed by atoms with Gasteiger partial charge in [0.2, 0.25) is 5.95 Å². The van der Waals surface area contributed by atoms with Crippen molar-refractivity contribution in [3.8, 4) is 11.3 Å². The first kappa shape index (κ1) is 12.8. The Morgan fingerprint density at radius 1 is 1.05 bits per heavy atom. The third-order valence-electron chi connectivity index (χ3n) is 3.58. The van der Waals surface area contributed by atoms with Crippen LogP contribution in [0.2, 0.25) is 0 Å². The molecule has 6 heteroatoms. The third-order valence-corrected chi connectivity index (χ3v) is 3.58. The number of hydrogen-bond acceptors (Lipinski definition) is 6. The van der Waals surface area contributed by atoms with Gasteiger partial charge in [-0.25, -0.2) is 9.97 Å². The minimum atomic E-state index is 0.283. The number of nitrogens with zero attached hydrogens (tertiary/aromatic N) is 5. The zero-order valence-electron chi connectivity index (χ0n) is 11.5. The summed E-state index contributed by atoms with van der Waals surface area (Å²) in [6.07, 6.45) is 5.25. The van der Waals surface area contributed by atoms with Gasteiger partial charge in [0.25, 0.3) is 0 Å². The Morgan fingerprint density at radius 3 is 2.45 bits per heavy atom. The molecule has 0 amide bonds. The normalized spacial score (nSPS) is 16.4. The number of nitrogens with two attached hydrogens (primary N) is 1. The van der Waals surface area contributed by atoms with Crippen LogP contribution in [0, 0.1) is 0 Å². The topological polar surface area (TPSA) is 71.2 Å². The molecule has 1 fully saturated rings. The largest absolute Gasteiger partial charge is 0.368 e. The number of pyridine rings is 1. The molecule has 0 saturated carbocycles. The molecule has 0 atom stereocenters. The van der Waals surface area contributed by atoms with Crippen LogP contribution in [-0.2, 0) is 0 Å². The SMILES string of the molecule is CN1CCN(c2cccnc2-c2cnc(N)nc2)CC1. The molecule has 6 nitrogen and oxygen atoms in total. The average molecular weight is 270 g/mol. The number of likely N-dealkylation sites (N-methyl/N-ethyl adjacent to an activating group) is 1. The first-order chi connectivity index (χ1) is 9.74. The number of hydrogen-bond donors (Lipinski definition) is 1. The summed E-state index contributed by atoms with van der Waals surface area (Å²) in [5.41, 5.74) is 8.49. The molecule has 104 valence electrons. The fourth-order valence-corrected chi connectivity index (χ4v) is 2.38. The predicted molar refractivity (Wildman–Crippen MR) is 79.4 cm³/mol. The lowest BCUT2D eigenvalue weighted by Crippen LogP contribution is -2.44. The monoisotopic (exact) mass is 270 g/mol. The molecule has 0 unspecified atom stereocenters. The fraction of sp³-hybridized carbons (Fsp3) is 0.357. The summed E-state index contributed by atoms with van der Waals surface area (Å²) in [5, 5.41) is 0. The minimum absolute atomic E-state index is 0.283. The second kappa shape index (κ2) is 5.42. The summed E-state index contributed by atoms with van der Waals surface area (Å²) < 4.78 is 0. The summed E-state index contributed by atoms with van der Waals surface area (Å²) >= 11 is 0. The van der Waals surface area contributed by atoms with Crippen LogP contribution < -0.4 is 10.6 Å². The molecule has 2 aromatic heterocycles. The van der Waals surface area contributed by atoms with Crippen molar-refractivity contribution < 1.29 is 0 Å². The Bertz CT molecular complexity index is 574. The number of piperazine rings is 1. The van der Waals surface area contributed by atoms with Crippen LogP contribution in [-0.4, -0.2) is 53.1 Å². The second-order valence-corrected chi connectivity index (χ2v) is 4.99. The quantitative estimate of drug-likeness (QED) is 0.873. The van der Waals surface area contributed by atoms with E-state index in [-0.39, 0.29) is 5.95 Å². The zero-order valence-corrected chi connectivity index (χ0v) is 11.5. The van der Waals surface area contributed by atoms with Crippen LogP contribution in [0.1, 0.15) is 0 Å². The van der Waals surface area contributed by atoms with Gasteiger partial charge in [0, 0.05) is 50.3 Å². The molecule has 2 aromatic rings. The van der Waals surface area contributed by atoms with E-state index in [9.17, 15) is 0 Å². The molecule has 0 aromatic carbocycles. The first-order valence-electron chi connectivity index (χ1n) is 6.70. The van der Waals surface area contributed by atoms with E-state index in [2.05, 4.69) is 37.9 Å². The Labute approximate surface area is 118 Å². The number of aromatic nitrogens is 3. The summed E-state index contributed by atoms with van der Waals surface area (Å²) in [6, 6.07) is 4.07. The Kier molecular flexibility index (Phi) is 3.47. The molecule has 3 heterocycles. The molecular formula is C14H18N6. The molecule has 1 aliphatic rings. The van der Waals surface area contributed by atoms with E-state index in [1.807, 2.05) is 6.07 Å². The lowest BCUT2D eigenvalue weighted by molar-refractivity contribution is 0.313. The van der Waals surface area contributed by atoms with Gasteiger partial charge in [0.1, 0.15) is 0 Å². The van der Waals surface area contributed by atoms with Gasteiger partial charge in [-0.3, -0.25) is 4.98 Å². The maximum absolute atomic E-state index is 5.54. The van der Waals surface area contributed by atoms with Crippen molar-refractivity contribution in [3.05, 3.63) is 30.7 Å². The van der Waals surface area contributed by atoms with Gasteiger partial charge in [-0.05, 0) is 19.2 Å². The second-order valence-electron chi connectivity index (χ2n) is 4.99. The van der Waals surface area contributed by atoms with Crippen molar-refractivity contribution in [2.24, 2.45) is 0 Å². The van der Waals surface area contributed by atoms with E-state index in [1.54, 1.807) is 18.6 Å². The first-order valence-corrected chi connectivity index (χ1v) is 6.70. The van der Waals surface area contributed by atoms with Crippen LogP contribution >= 0.6 is 0 Å². The smallest absolute Gasteiger partial charge is 0.219 e. The van der Waals surface area contributed by atoms with Gasteiger partial charge >= 0.3 is 0 Å². The highest BCUT2D eigenvalue weighted by atomic mass is 15.3. The van der Waals surface area contributed by atoms with E-state index in [1.165, 1.54) is 0 Å². The molecule has 0 radical (unpaired) electrons. The van der Waals surface area contributed by atoms with Crippen LogP contribution in [0.15, 0.2) is 30.7 Å². The summed E-state index contributed by atoms with van der Waals surface area (Å²) in [4.78, 5) is 17.3. The van der Waals surface area contributed by atoms with E-state index < -0.39 is 0 Å². The Balaban J connectivity index is 1.94. The molecule has 1 saturated heterocycles. The highest BCUT2D eigenvalue weighted by molar-refractivity contribution is 5.74. The fourth-order valence-electron chi connectivity index (χ4n) is 2.38.